The lowest BCUT2D eigenvalue weighted by Crippen LogP contribution is -2.24. The Hall–Kier alpha value is -0.340. The van der Waals surface area contributed by atoms with E-state index in [1.807, 2.05) is 0 Å². The fourth-order valence-corrected chi connectivity index (χ4v) is 2.22. The molecule has 0 atom stereocenters. The van der Waals surface area contributed by atoms with E-state index in [9.17, 15) is 0 Å². The van der Waals surface area contributed by atoms with E-state index in [1.165, 1.54) is 23.0 Å². The van der Waals surface area contributed by atoms with Gasteiger partial charge in [-0.15, -0.1) is 0 Å². The topological polar surface area (TPSA) is 3.24 Å². The smallest absolute Gasteiger partial charge is 0.0207 e. The molecule has 0 spiro atoms. The molecule has 1 aromatic rings. The molecule has 15 heavy (non-hydrogen) atoms. The number of hydrogen-bond donors (Lipinski definition) is 0. The van der Waals surface area contributed by atoms with Crippen molar-refractivity contribution in [3.8, 4) is 0 Å². The Kier molecular flexibility index (Phi) is 5.96. The van der Waals surface area contributed by atoms with Gasteiger partial charge in [-0.2, -0.15) is 0 Å². The minimum atomic E-state index is 1.16. The lowest BCUT2D eigenvalue weighted by Gasteiger charge is -2.17. The first kappa shape index (κ1) is 12.7. The van der Waals surface area contributed by atoms with Gasteiger partial charge in [-0.3, -0.25) is 0 Å². The summed E-state index contributed by atoms with van der Waals surface area (Å²) in [5.74, 6) is 0. The highest BCUT2D eigenvalue weighted by atomic mass is 79.9. The first-order valence-electron chi connectivity index (χ1n) is 5.73. The third-order valence-corrected chi connectivity index (χ3v) is 3.55. The van der Waals surface area contributed by atoms with Crippen LogP contribution >= 0.6 is 15.9 Å². The first-order valence-corrected chi connectivity index (χ1v) is 6.53. The fourth-order valence-electron chi connectivity index (χ4n) is 1.73. The van der Waals surface area contributed by atoms with E-state index in [4.69, 9.17) is 0 Å². The van der Waals surface area contributed by atoms with Crippen molar-refractivity contribution >= 4 is 15.9 Å². The Bertz CT molecular complexity index is 282. The zero-order chi connectivity index (χ0) is 11.1. The summed E-state index contributed by atoms with van der Waals surface area (Å²) in [6.45, 7) is 7.97. The van der Waals surface area contributed by atoms with Crippen molar-refractivity contribution in [3.05, 3.63) is 34.3 Å². The van der Waals surface area contributed by atoms with Gasteiger partial charge in [0, 0.05) is 4.47 Å². The van der Waals surface area contributed by atoms with Crippen LogP contribution in [0.4, 0.5) is 0 Å². The molecule has 0 aromatic heterocycles. The summed E-state index contributed by atoms with van der Waals surface area (Å²) in [6.07, 6.45) is 2.40. The van der Waals surface area contributed by atoms with Crippen LogP contribution in [0.25, 0.3) is 0 Å². The number of rotatable bonds is 6. The molecule has 1 rings (SSSR count). The van der Waals surface area contributed by atoms with Crippen molar-refractivity contribution in [2.75, 3.05) is 19.6 Å². The predicted octanol–water partition coefficient (Wildman–Crippen LogP) is 3.72. The average Bonchev–Trinajstić information content (AvgIpc) is 2.27. The maximum absolute atomic E-state index is 3.58. The fraction of sp³-hybridized carbons (Fsp3) is 0.538. The number of aryl methyl sites for hydroxylation is 1. The lowest BCUT2D eigenvalue weighted by molar-refractivity contribution is 0.300. The standard InChI is InChI=1S/C13H20BrN/c1-3-15(4-2)11-7-9-12-8-5-6-10-13(12)14/h5-6,8,10H,3-4,7,9,11H2,1-2H3. The minimum Gasteiger partial charge on any atom is -0.304 e. The molecular weight excluding hydrogens is 250 g/mol. The summed E-state index contributed by atoms with van der Waals surface area (Å²) in [4.78, 5) is 2.47. The molecule has 84 valence electrons. The average molecular weight is 270 g/mol. The van der Waals surface area contributed by atoms with Gasteiger partial charge in [0.25, 0.3) is 0 Å². The second-order valence-electron chi connectivity index (χ2n) is 3.72. The molecule has 0 fully saturated rings. The highest BCUT2D eigenvalue weighted by molar-refractivity contribution is 9.10. The quantitative estimate of drug-likeness (QED) is 0.761. The van der Waals surface area contributed by atoms with Gasteiger partial charge in [0.2, 0.25) is 0 Å². The Labute approximate surface area is 102 Å². The second kappa shape index (κ2) is 7.02. The van der Waals surface area contributed by atoms with Crippen molar-refractivity contribution in [1.29, 1.82) is 0 Å². The third-order valence-electron chi connectivity index (χ3n) is 2.77. The summed E-state index contributed by atoms with van der Waals surface area (Å²) in [5, 5.41) is 0. The largest absolute Gasteiger partial charge is 0.304 e. The summed E-state index contributed by atoms with van der Waals surface area (Å²) in [7, 11) is 0. The van der Waals surface area contributed by atoms with E-state index in [0.717, 1.165) is 19.5 Å². The molecule has 0 aliphatic rings. The van der Waals surface area contributed by atoms with Crippen molar-refractivity contribution < 1.29 is 0 Å². The number of nitrogens with zero attached hydrogens (tertiary/aromatic N) is 1. The van der Waals surface area contributed by atoms with Gasteiger partial charge < -0.3 is 4.90 Å². The molecule has 1 nitrogen and oxygen atoms in total. The molecule has 0 unspecified atom stereocenters. The van der Waals surface area contributed by atoms with E-state index < -0.39 is 0 Å². The van der Waals surface area contributed by atoms with Crippen LogP contribution in [-0.4, -0.2) is 24.5 Å². The van der Waals surface area contributed by atoms with Gasteiger partial charge in [-0.1, -0.05) is 48.0 Å². The molecule has 0 saturated carbocycles. The van der Waals surface area contributed by atoms with Crippen LogP contribution in [-0.2, 0) is 6.42 Å². The maximum atomic E-state index is 3.58. The predicted molar refractivity (Wildman–Crippen MR) is 70.3 cm³/mol. The SMILES string of the molecule is CCN(CC)CCCc1ccccc1Br. The van der Waals surface area contributed by atoms with E-state index in [0.29, 0.717) is 0 Å². The molecule has 0 heterocycles. The van der Waals surface area contributed by atoms with Gasteiger partial charge in [-0.25, -0.2) is 0 Å². The molecule has 2 heteroatoms. The third kappa shape index (κ3) is 4.35. The summed E-state index contributed by atoms with van der Waals surface area (Å²) >= 11 is 3.58. The molecular formula is C13H20BrN. The molecule has 0 radical (unpaired) electrons. The highest BCUT2D eigenvalue weighted by Gasteiger charge is 2.01. The number of halogens is 1. The van der Waals surface area contributed by atoms with Crippen LogP contribution in [0.5, 0.6) is 0 Å². The highest BCUT2D eigenvalue weighted by Crippen LogP contribution is 2.17. The zero-order valence-corrected chi connectivity index (χ0v) is 11.3. The van der Waals surface area contributed by atoms with Gasteiger partial charge in [0.15, 0.2) is 0 Å². The van der Waals surface area contributed by atoms with E-state index in [1.54, 1.807) is 0 Å². The Morgan fingerprint density at radius 3 is 2.40 bits per heavy atom. The molecule has 0 N–H and O–H groups in total. The van der Waals surface area contributed by atoms with Crippen LogP contribution in [0.15, 0.2) is 28.7 Å². The Morgan fingerprint density at radius 1 is 1.13 bits per heavy atom. The number of hydrogen-bond acceptors (Lipinski definition) is 1. The van der Waals surface area contributed by atoms with Crippen LogP contribution in [0.2, 0.25) is 0 Å². The van der Waals surface area contributed by atoms with Gasteiger partial charge in [0.05, 0.1) is 0 Å². The minimum absolute atomic E-state index is 1.16. The summed E-state index contributed by atoms with van der Waals surface area (Å²) < 4.78 is 1.24. The number of benzene rings is 1. The first-order chi connectivity index (χ1) is 7.27. The van der Waals surface area contributed by atoms with E-state index >= 15 is 0 Å². The zero-order valence-electron chi connectivity index (χ0n) is 9.67. The molecule has 0 aliphatic carbocycles. The molecule has 0 aliphatic heterocycles. The second-order valence-corrected chi connectivity index (χ2v) is 4.58. The Balaban J connectivity index is 2.34. The molecule has 0 saturated heterocycles. The van der Waals surface area contributed by atoms with Crippen molar-refractivity contribution in [3.63, 3.8) is 0 Å². The Morgan fingerprint density at radius 2 is 1.80 bits per heavy atom. The van der Waals surface area contributed by atoms with Crippen LogP contribution in [0, 0.1) is 0 Å². The van der Waals surface area contributed by atoms with E-state index in [2.05, 4.69) is 58.9 Å². The lowest BCUT2D eigenvalue weighted by atomic mass is 10.1. The van der Waals surface area contributed by atoms with Crippen LogP contribution in [0.1, 0.15) is 25.8 Å². The van der Waals surface area contributed by atoms with Gasteiger partial charge >= 0.3 is 0 Å². The summed E-state index contributed by atoms with van der Waals surface area (Å²) in [5.41, 5.74) is 1.42. The molecule has 0 amide bonds. The monoisotopic (exact) mass is 269 g/mol. The molecule has 1 aromatic carbocycles. The maximum Gasteiger partial charge on any atom is 0.0207 e. The van der Waals surface area contributed by atoms with Crippen LogP contribution < -0.4 is 0 Å². The van der Waals surface area contributed by atoms with Crippen LogP contribution in [0.3, 0.4) is 0 Å². The molecule has 0 bridgehead atoms. The normalized spacial score (nSPS) is 10.9. The van der Waals surface area contributed by atoms with Gasteiger partial charge in [-0.05, 0) is 44.1 Å². The van der Waals surface area contributed by atoms with E-state index in [-0.39, 0.29) is 0 Å². The van der Waals surface area contributed by atoms with Crippen molar-refractivity contribution in [2.24, 2.45) is 0 Å². The van der Waals surface area contributed by atoms with Gasteiger partial charge in [0.1, 0.15) is 0 Å². The van der Waals surface area contributed by atoms with Crippen molar-refractivity contribution in [2.45, 2.75) is 26.7 Å². The summed E-state index contributed by atoms with van der Waals surface area (Å²) in [6, 6.07) is 8.49. The van der Waals surface area contributed by atoms with Crippen molar-refractivity contribution in [1.82, 2.24) is 4.90 Å².